The van der Waals surface area contributed by atoms with Gasteiger partial charge in [-0.15, -0.1) is 0 Å². The third-order valence-corrected chi connectivity index (χ3v) is 4.45. The molecule has 0 unspecified atom stereocenters. The first-order valence-electron chi connectivity index (χ1n) is 9.19. The molecule has 1 fully saturated rings. The van der Waals surface area contributed by atoms with Crippen molar-refractivity contribution >= 4 is 17.8 Å². The minimum atomic E-state index is -0.331. The molecule has 6 heteroatoms. The number of nitrogens with zero attached hydrogens (tertiary/aromatic N) is 2. The lowest BCUT2D eigenvalue weighted by molar-refractivity contribution is -0.123. The Morgan fingerprint density at radius 3 is 2.48 bits per heavy atom. The lowest BCUT2D eigenvalue weighted by Gasteiger charge is -2.28. The fraction of sp³-hybridized carbons (Fsp3) is 0.333. The van der Waals surface area contributed by atoms with Crippen LogP contribution in [0.5, 0.6) is 11.5 Å². The minimum absolute atomic E-state index is 0.133. The zero-order valence-corrected chi connectivity index (χ0v) is 15.6. The average Bonchev–Trinajstić information content (AvgIpc) is 2.73. The van der Waals surface area contributed by atoms with Crippen molar-refractivity contribution in [1.29, 1.82) is 0 Å². The van der Waals surface area contributed by atoms with Crippen molar-refractivity contribution < 1.29 is 14.3 Å². The van der Waals surface area contributed by atoms with Crippen LogP contribution in [0.1, 0.15) is 24.8 Å². The maximum absolute atomic E-state index is 11.9. The van der Waals surface area contributed by atoms with Gasteiger partial charge in [0.05, 0.1) is 13.3 Å². The second-order valence-corrected chi connectivity index (χ2v) is 6.37. The third kappa shape index (κ3) is 5.48. The van der Waals surface area contributed by atoms with E-state index in [2.05, 4.69) is 27.6 Å². The Kier molecular flexibility index (Phi) is 6.68. The summed E-state index contributed by atoms with van der Waals surface area (Å²) < 4.78 is 10.6. The van der Waals surface area contributed by atoms with E-state index in [0.717, 1.165) is 18.7 Å². The molecule has 0 bridgehead atoms. The Balaban J connectivity index is 1.46. The molecule has 1 N–H and O–H groups in total. The van der Waals surface area contributed by atoms with Crippen molar-refractivity contribution in [3.05, 3.63) is 54.1 Å². The molecule has 1 aliphatic rings. The molecule has 1 amide bonds. The molecule has 142 valence electrons. The summed E-state index contributed by atoms with van der Waals surface area (Å²) in [5.74, 6) is 0.775. The van der Waals surface area contributed by atoms with E-state index in [1.54, 1.807) is 25.5 Å². The zero-order valence-electron chi connectivity index (χ0n) is 15.6. The number of carbonyl (C=O) groups excluding carboxylic acids is 1. The highest BCUT2D eigenvalue weighted by Gasteiger charge is 2.10. The monoisotopic (exact) mass is 367 g/mol. The molecule has 1 heterocycles. The number of anilines is 1. The van der Waals surface area contributed by atoms with Gasteiger partial charge in [-0.05, 0) is 49.1 Å². The predicted octanol–water partition coefficient (Wildman–Crippen LogP) is 3.21. The van der Waals surface area contributed by atoms with Crippen LogP contribution in [0.15, 0.2) is 53.6 Å². The van der Waals surface area contributed by atoms with Crippen molar-refractivity contribution in [3.63, 3.8) is 0 Å². The summed E-state index contributed by atoms with van der Waals surface area (Å²) in [7, 11) is 1.56. The van der Waals surface area contributed by atoms with Gasteiger partial charge in [0.1, 0.15) is 0 Å². The summed E-state index contributed by atoms with van der Waals surface area (Å²) >= 11 is 0. The second-order valence-electron chi connectivity index (χ2n) is 6.37. The maximum Gasteiger partial charge on any atom is 0.277 e. The van der Waals surface area contributed by atoms with Gasteiger partial charge in [0.25, 0.3) is 5.91 Å². The molecule has 0 saturated carbocycles. The number of methoxy groups -OCH3 is 1. The fourth-order valence-electron chi connectivity index (χ4n) is 3.02. The van der Waals surface area contributed by atoms with Gasteiger partial charge < -0.3 is 14.4 Å². The SMILES string of the molecule is COc1ccccc1OCC(=O)NN=Cc1ccc(N2CCCCC2)cc1. The van der Waals surface area contributed by atoms with Gasteiger partial charge in [-0.3, -0.25) is 4.79 Å². The quantitative estimate of drug-likeness (QED) is 0.603. The number of hydrogen-bond acceptors (Lipinski definition) is 5. The van der Waals surface area contributed by atoms with E-state index < -0.39 is 0 Å². The van der Waals surface area contributed by atoms with Gasteiger partial charge in [0.2, 0.25) is 0 Å². The molecule has 0 spiro atoms. The van der Waals surface area contributed by atoms with E-state index in [1.165, 1.54) is 24.9 Å². The lowest BCUT2D eigenvalue weighted by Crippen LogP contribution is -2.29. The number of piperidine rings is 1. The van der Waals surface area contributed by atoms with Crippen molar-refractivity contribution in [2.24, 2.45) is 5.10 Å². The average molecular weight is 367 g/mol. The molecule has 3 rings (SSSR count). The van der Waals surface area contributed by atoms with Crippen molar-refractivity contribution in [2.75, 3.05) is 31.7 Å². The molecule has 0 radical (unpaired) electrons. The number of ether oxygens (including phenoxy) is 2. The number of amides is 1. The van der Waals surface area contributed by atoms with Crippen LogP contribution in [0.4, 0.5) is 5.69 Å². The van der Waals surface area contributed by atoms with E-state index in [1.807, 2.05) is 24.3 Å². The highest BCUT2D eigenvalue weighted by molar-refractivity contribution is 5.83. The van der Waals surface area contributed by atoms with E-state index in [9.17, 15) is 4.79 Å². The van der Waals surface area contributed by atoms with Crippen LogP contribution < -0.4 is 19.8 Å². The Labute approximate surface area is 159 Å². The zero-order chi connectivity index (χ0) is 18.9. The first-order chi connectivity index (χ1) is 13.3. The summed E-state index contributed by atoms with van der Waals surface area (Å²) in [5.41, 5.74) is 4.64. The topological polar surface area (TPSA) is 63.2 Å². The molecular formula is C21H25N3O3. The van der Waals surface area contributed by atoms with E-state index >= 15 is 0 Å². The Morgan fingerprint density at radius 2 is 1.78 bits per heavy atom. The molecule has 6 nitrogen and oxygen atoms in total. The highest BCUT2D eigenvalue weighted by Crippen LogP contribution is 2.25. The molecule has 27 heavy (non-hydrogen) atoms. The normalized spacial score (nSPS) is 14.2. The Hall–Kier alpha value is -3.02. The number of para-hydroxylation sites is 2. The molecular weight excluding hydrogens is 342 g/mol. The summed E-state index contributed by atoms with van der Waals surface area (Å²) in [5, 5.41) is 3.99. The van der Waals surface area contributed by atoms with E-state index in [4.69, 9.17) is 9.47 Å². The van der Waals surface area contributed by atoms with Crippen LogP contribution in [-0.4, -0.2) is 38.9 Å². The highest BCUT2D eigenvalue weighted by atomic mass is 16.5. The molecule has 2 aromatic carbocycles. The van der Waals surface area contributed by atoms with Crippen LogP contribution >= 0.6 is 0 Å². The summed E-state index contributed by atoms with van der Waals surface area (Å²) in [6.45, 7) is 2.11. The summed E-state index contributed by atoms with van der Waals surface area (Å²) in [6, 6.07) is 15.4. The minimum Gasteiger partial charge on any atom is -0.493 e. The predicted molar refractivity (Wildman–Crippen MR) is 107 cm³/mol. The van der Waals surface area contributed by atoms with Gasteiger partial charge in [0, 0.05) is 18.8 Å². The van der Waals surface area contributed by atoms with E-state index in [-0.39, 0.29) is 12.5 Å². The van der Waals surface area contributed by atoms with Gasteiger partial charge in [-0.25, -0.2) is 5.43 Å². The van der Waals surface area contributed by atoms with Gasteiger partial charge in [-0.1, -0.05) is 24.3 Å². The van der Waals surface area contributed by atoms with Gasteiger partial charge >= 0.3 is 0 Å². The summed E-state index contributed by atoms with van der Waals surface area (Å²) in [4.78, 5) is 14.3. The van der Waals surface area contributed by atoms with Crippen molar-refractivity contribution in [2.45, 2.75) is 19.3 Å². The number of nitrogens with one attached hydrogen (secondary N) is 1. The molecule has 1 saturated heterocycles. The number of benzene rings is 2. The first-order valence-corrected chi connectivity index (χ1v) is 9.19. The number of hydrogen-bond donors (Lipinski definition) is 1. The van der Waals surface area contributed by atoms with Crippen molar-refractivity contribution in [3.8, 4) is 11.5 Å². The Morgan fingerprint density at radius 1 is 1.07 bits per heavy atom. The van der Waals surface area contributed by atoms with Gasteiger partial charge in [0.15, 0.2) is 18.1 Å². The first kappa shape index (κ1) is 18.8. The molecule has 0 atom stereocenters. The van der Waals surface area contributed by atoms with E-state index in [0.29, 0.717) is 11.5 Å². The van der Waals surface area contributed by atoms with Gasteiger partial charge in [-0.2, -0.15) is 5.10 Å². The Bertz CT molecular complexity index is 768. The van der Waals surface area contributed by atoms with Crippen LogP contribution in [0, 0.1) is 0 Å². The largest absolute Gasteiger partial charge is 0.493 e. The summed E-state index contributed by atoms with van der Waals surface area (Å²) in [6.07, 6.45) is 5.46. The standard InChI is InChI=1S/C21H25N3O3/c1-26-19-7-3-4-8-20(19)27-16-21(25)23-22-15-17-9-11-18(12-10-17)24-13-5-2-6-14-24/h3-4,7-12,15H,2,5-6,13-14,16H2,1H3,(H,23,25). The molecule has 2 aromatic rings. The van der Waals surface area contributed by atoms with Crippen LogP contribution in [-0.2, 0) is 4.79 Å². The van der Waals surface area contributed by atoms with Crippen LogP contribution in [0.25, 0.3) is 0 Å². The smallest absolute Gasteiger partial charge is 0.277 e. The molecule has 1 aliphatic heterocycles. The number of hydrazone groups is 1. The molecule has 0 aromatic heterocycles. The number of carbonyl (C=O) groups is 1. The maximum atomic E-state index is 11.9. The fourth-order valence-corrected chi connectivity index (χ4v) is 3.02. The van der Waals surface area contributed by atoms with Crippen molar-refractivity contribution in [1.82, 2.24) is 5.43 Å². The lowest BCUT2D eigenvalue weighted by atomic mass is 10.1. The number of rotatable bonds is 7. The molecule has 0 aliphatic carbocycles. The van der Waals surface area contributed by atoms with Crippen LogP contribution in [0.3, 0.4) is 0 Å². The van der Waals surface area contributed by atoms with Crippen LogP contribution in [0.2, 0.25) is 0 Å². The second kappa shape index (κ2) is 9.62. The third-order valence-electron chi connectivity index (χ3n) is 4.45.